The number of carbonyl (C=O) groups excluding carboxylic acids is 1. The van der Waals surface area contributed by atoms with Crippen LogP contribution in [-0.2, 0) is 4.79 Å². The zero-order valence-electron chi connectivity index (χ0n) is 11.1. The molecule has 0 saturated carbocycles. The first-order valence-corrected chi connectivity index (χ1v) is 7.12. The van der Waals surface area contributed by atoms with Gasteiger partial charge in [-0.05, 0) is 6.07 Å². The van der Waals surface area contributed by atoms with Crippen molar-refractivity contribution in [3.63, 3.8) is 0 Å². The Balaban J connectivity index is 1.59. The summed E-state index contributed by atoms with van der Waals surface area (Å²) in [5.74, 6) is 0.286. The van der Waals surface area contributed by atoms with Gasteiger partial charge in [0.2, 0.25) is 17.8 Å². The van der Waals surface area contributed by atoms with Crippen molar-refractivity contribution in [1.29, 1.82) is 0 Å². The molecule has 5 N–H and O–H groups in total. The zero-order chi connectivity index (χ0) is 15.4. The molecule has 112 valence electrons. The molecule has 3 heterocycles. The first kappa shape index (κ1) is 14.0. The van der Waals surface area contributed by atoms with Gasteiger partial charge in [-0.1, -0.05) is 11.8 Å². The highest BCUT2D eigenvalue weighted by molar-refractivity contribution is 8.00. The smallest absolute Gasteiger partial charge is 0.248 e. The summed E-state index contributed by atoms with van der Waals surface area (Å²) in [4.78, 5) is 34.6. The van der Waals surface area contributed by atoms with E-state index in [2.05, 4.69) is 40.8 Å². The number of nitrogen functional groups attached to an aromatic ring is 1. The van der Waals surface area contributed by atoms with E-state index in [1.165, 1.54) is 18.1 Å². The minimum Gasteiger partial charge on any atom is -0.368 e. The number of amides is 1. The highest BCUT2D eigenvalue weighted by Gasteiger charge is 2.11. The van der Waals surface area contributed by atoms with Crippen molar-refractivity contribution < 1.29 is 4.79 Å². The Labute approximate surface area is 128 Å². The maximum Gasteiger partial charge on any atom is 0.248 e. The SMILES string of the molecule is Nc1nc(SCC(=O)NNc2ncccn2)c2[nH]cnc2n1. The molecule has 0 aliphatic carbocycles. The van der Waals surface area contributed by atoms with E-state index < -0.39 is 0 Å². The molecule has 3 aromatic rings. The number of aromatic amines is 1. The van der Waals surface area contributed by atoms with E-state index in [4.69, 9.17) is 5.73 Å². The summed E-state index contributed by atoms with van der Waals surface area (Å²) < 4.78 is 0. The van der Waals surface area contributed by atoms with Crippen LogP contribution in [0.2, 0.25) is 0 Å². The lowest BCUT2D eigenvalue weighted by Crippen LogP contribution is -2.31. The fourth-order valence-corrected chi connectivity index (χ4v) is 2.38. The first-order chi connectivity index (χ1) is 10.7. The zero-order valence-corrected chi connectivity index (χ0v) is 12.0. The van der Waals surface area contributed by atoms with Crippen molar-refractivity contribution in [2.24, 2.45) is 0 Å². The molecular weight excluding hydrogens is 306 g/mol. The van der Waals surface area contributed by atoms with Crippen LogP contribution in [0.5, 0.6) is 0 Å². The third-order valence-corrected chi connectivity index (χ3v) is 3.46. The maximum atomic E-state index is 11.8. The minimum absolute atomic E-state index is 0.110. The van der Waals surface area contributed by atoms with Crippen molar-refractivity contribution in [3.05, 3.63) is 24.8 Å². The number of H-pyrrole nitrogens is 1. The largest absolute Gasteiger partial charge is 0.368 e. The van der Waals surface area contributed by atoms with Crippen LogP contribution in [0.15, 0.2) is 29.8 Å². The number of anilines is 2. The molecule has 1 amide bonds. The summed E-state index contributed by atoms with van der Waals surface area (Å²) in [6.45, 7) is 0. The lowest BCUT2D eigenvalue weighted by Gasteiger charge is -2.06. The second kappa shape index (κ2) is 6.22. The molecule has 0 saturated heterocycles. The van der Waals surface area contributed by atoms with E-state index in [-0.39, 0.29) is 17.6 Å². The Morgan fingerprint density at radius 1 is 1.27 bits per heavy atom. The lowest BCUT2D eigenvalue weighted by molar-refractivity contribution is -0.118. The van der Waals surface area contributed by atoms with Crippen LogP contribution in [0.4, 0.5) is 11.9 Å². The molecule has 3 aromatic heterocycles. The number of carbonyl (C=O) groups is 1. The van der Waals surface area contributed by atoms with Crippen molar-refractivity contribution in [2.75, 3.05) is 16.9 Å². The number of nitrogens with one attached hydrogen (secondary N) is 3. The number of hydrogen-bond acceptors (Lipinski definition) is 9. The standard InChI is InChI=1S/C11H11N9OS/c12-10-17-8-7(15-5-16-8)9(18-10)22-4-6(21)19-20-11-13-2-1-3-14-11/h1-3,5H,4H2,(H,19,21)(H,13,14,20)(H3,12,15,16,17,18). The van der Waals surface area contributed by atoms with Gasteiger partial charge in [-0.3, -0.25) is 15.6 Å². The number of fused-ring (bicyclic) bond motifs is 1. The predicted molar refractivity (Wildman–Crippen MR) is 80.6 cm³/mol. The van der Waals surface area contributed by atoms with Crippen molar-refractivity contribution in [3.8, 4) is 0 Å². The normalized spacial score (nSPS) is 10.5. The molecular formula is C11H11N9OS. The van der Waals surface area contributed by atoms with Gasteiger partial charge >= 0.3 is 0 Å². The molecule has 11 heteroatoms. The van der Waals surface area contributed by atoms with Gasteiger partial charge in [0, 0.05) is 12.4 Å². The van der Waals surface area contributed by atoms with E-state index in [0.29, 0.717) is 22.1 Å². The summed E-state index contributed by atoms with van der Waals surface area (Å²) in [5.41, 5.74) is 11.8. The Hall–Kier alpha value is -2.95. The van der Waals surface area contributed by atoms with E-state index in [0.717, 1.165) is 0 Å². The topological polar surface area (TPSA) is 147 Å². The van der Waals surface area contributed by atoms with E-state index in [9.17, 15) is 4.79 Å². The second-order valence-electron chi connectivity index (χ2n) is 4.02. The average molecular weight is 317 g/mol. The van der Waals surface area contributed by atoms with Gasteiger partial charge in [0.25, 0.3) is 0 Å². The molecule has 0 radical (unpaired) electrons. The summed E-state index contributed by atoms with van der Waals surface area (Å²) in [5, 5.41) is 0.561. The highest BCUT2D eigenvalue weighted by Crippen LogP contribution is 2.23. The third kappa shape index (κ3) is 3.20. The maximum absolute atomic E-state index is 11.8. The Morgan fingerprint density at radius 2 is 2.09 bits per heavy atom. The van der Waals surface area contributed by atoms with Gasteiger partial charge in [0.05, 0.1) is 12.1 Å². The van der Waals surface area contributed by atoms with E-state index >= 15 is 0 Å². The first-order valence-electron chi connectivity index (χ1n) is 6.13. The predicted octanol–water partition coefficient (Wildman–Crippen LogP) is -0.0395. The van der Waals surface area contributed by atoms with E-state index in [1.54, 1.807) is 18.5 Å². The van der Waals surface area contributed by atoms with Gasteiger partial charge in [-0.2, -0.15) is 4.98 Å². The monoisotopic (exact) mass is 317 g/mol. The fourth-order valence-electron chi connectivity index (χ4n) is 1.59. The van der Waals surface area contributed by atoms with Crippen LogP contribution < -0.4 is 16.6 Å². The molecule has 0 fully saturated rings. The summed E-state index contributed by atoms with van der Waals surface area (Å²) in [7, 11) is 0. The van der Waals surface area contributed by atoms with Gasteiger partial charge < -0.3 is 10.7 Å². The summed E-state index contributed by atoms with van der Waals surface area (Å²) >= 11 is 1.22. The van der Waals surface area contributed by atoms with Gasteiger partial charge in [0.1, 0.15) is 10.5 Å². The number of aromatic nitrogens is 6. The van der Waals surface area contributed by atoms with Gasteiger partial charge in [0.15, 0.2) is 5.65 Å². The number of nitrogens with two attached hydrogens (primary N) is 1. The van der Waals surface area contributed by atoms with Crippen LogP contribution in [0.25, 0.3) is 11.2 Å². The van der Waals surface area contributed by atoms with Crippen molar-refractivity contribution >= 4 is 40.7 Å². The molecule has 22 heavy (non-hydrogen) atoms. The quantitative estimate of drug-likeness (QED) is 0.289. The molecule has 0 unspecified atom stereocenters. The van der Waals surface area contributed by atoms with E-state index in [1.807, 2.05) is 0 Å². The molecule has 3 rings (SSSR count). The highest BCUT2D eigenvalue weighted by atomic mass is 32.2. The van der Waals surface area contributed by atoms with Crippen molar-refractivity contribution in [2.45, 2.75) is 5.03 Å². The van der Waals surface area contributed by atoms with Crippen LogP contribution in [0.1, 0.15) is 0 Å². The molecule has 0 spiro atoms. The summed E-state index contributed by atoms with van der Waals surface area (Å²) in [6, 6.07) is 1.68. The molecule has 0 aliphatic heterocycles. The number of nitrogens with zero attached hydrogens (tertiary/aromatic N) is 5. The second-order valence-corrected chi connectivity index (χ2v) is 4.99. The third-order valence-electron chi connectivity index (χ3n) is 2.49. The van der Waals surface area contributed by atoms with Gasteiger partial charge in [-0.25, -0.2) is 19.9 Å². The average Bonchev–Trinajstić information content (AvgIpc) is 3.00. The Kier molecular flexibility index (Phi) is 3.96. The van der Waals surface area contributed by atoms with Crippen molar-refractivity contribution in [1.82, 2.24) is 35.3 Å². The Bertz CT molecular complexity index is 791. The van der Waals surface area contributed by atoms with Gasteiger partial charge in [-0.15, -0.1) is 0 Å². The fraction of sp³-hybridized carbons (Fsp3) is 0.0909. The Morgan fingerprint density at radius 3 is 2.91 bits per heavy atom. The van der Waals surface area contributed by atoms with Crippen LogP contribution in [0, 0.1) is 0 Å². The summed E-state index contributed by atoms with van der Waals surface area (Å²) in [6.07, 6.45) is 4.63. The van der Waals surface area contributed by atoms with Crippen LogP contribution in [0.3, 0.4) is 0 Å². The minimum atomic E-state index is -0.262. The van der Waals surface area contributed by atoms with Crippen LogP contribution >= 0.6 is 11.8 Å². The number of rotatable bonds is 5. The number of imidazole rings is 1. The number of thioether (sulfide) groups is 1. The number of hydrogen-bond donors (Lipinski definition) is 4. The molecule has 0 bridgehead atoms. The number of hydrazine groups is 1. The molecule has 10 nitrogen and oxygen atoms in total. The van der Waals surface area contributed by atoms with Crippen LogP contribution in [-0.4, -0.2) is 41.6 Å². The molecule has 0 aromatic carbocycles. The molecule has 0 atom stereocenters. The lowest BCUT2D eigenvalue weighted by atomic mass is 10.5. The molecule has 0 aliphatic rings.